The van der Waals surface area contributed by atoms with Crippen molar-refractivity contribution in [3.63, 3.8) is 0 Å². The molecule has 54 valence electrons. The number of rotatable bonds is 0. The largest absolute Gasteiger partial charge is 0.330 e. The van der Waals surface area contributed by atoms with Crippen LogP contribution in [0.15, 0.2) is 6.20 Å². The summed E-state index contributed by atoms with van der Waals surface area (Å²) >= 11 is 0. The summed E-state index contributed by atoms with van der Waals surface area (Å²) in [5.74, 6) is 0.212. The summed E-state index contributed by atoms with van der Waals surface area (Å²) in [4.78, 5) is 3.93. The number of nitrogens with one attached hydrogen (secondary N) is 1. The highest BCUT2D eigenvalue weighted by atomic mass is 15.1. The van der Waals surface area contributed by atoms with Gasteiger partial charge in [-0.3, -0.25) is 0 Å². The molecule has 0 saturated carbocycles. The van der Waals surface area contributed by atoms with Crippen LogP contribution < -0.4 is 5.32 Å². The highest BCUT2D eigenvalue weighted by molar-refractivity contribution is 5.05. The molecule has 0 spiro atoms. The van der Waals surface area contributed by atoms with E-state index in [0.717, 1.165) is 12.2 Å². The molecule has 1 aromatic heterocycles. The van der Waals surface area contributed by atoms with Gasteiger partial charge in [0.15, 0.2) is 0 Å². The predicted octanol–water partition coefficient (Wildman–Crippen LogP) is 0.295. The Morgan fingerprint density at radius 2 is 2.90 bits per heavy atom. The van der Waals surface area contributed by atoms with Gasteiger partial charge in [0.05, 0.1) is 5.69 Å². The molecule has 0 aliphatic carbocycles. The van der Waals surface area contributed by atoms with Gasteiger partial charge in [-0.1, -0.05) is 0 Å². The van der Waals surface area contributed by atoms with Gasteiger partial charge in [-0.25, -0.2) is 4.98 Å². The van der Waals surface area contributed by atoms with Gasteiger partial charge >= 0.3 is 0 Å². The van der Waals surface area contributed by atoms with Crippen molar-refractivity contribution in [3.05, 3.63) is 17.7 Å². The van der Waals surface area contributed by atoms with Gasteiger partial charge in [0.1, 0.15) is 5.82 Å². The second-order valence-electron chi connectivity index (χ2n) is 2.40. The first-order chi connectivity index (χ1) is 6.09. The van der Waals surface area contributed by atoms with E-state index >= 15 is 0 Å². The van der Waals surface area contributed by atoms with E-state index in [9.17, 15) is 0 Å². The lowest BCUT2D eigenvalue weighted by Crippen LogP contribution is -2.28. The maximum atomic E-state index is 7.26. The molecular weight excluding hydrogens is 126 g/mol. The first-order valence-corrected chi connectivity index (χ1v) is 3.34. The molecule has 2 rings (SSSR count). The van der Waals surface area contributed by atoms with Gasteiger partial charge in [0.2, 0.25) is 0 Å². The molecule has 0 unspecified atom stereocenters. The smallest absolute Gasteiger partial charge is 0.105 e. The van der Waals surface area contributed by atoms with Crippen LogP contribution in [0.2, 0.25) is 0 Å². The third kappa shape index (κ3) is 0.743. The van der Waals surface area contributed by atoms with Crippen LogP contribution in [0.25, 0.3) is 0 Å². The summed E-state index contributed by atoms with van der Waals surface area (Å²) in [6.07, 6.45) is 1.63. The third-order valence-corrected chi connectivity index (χ3v) is 1.76. The zero-order valence-corrected chi connectivity index (χ0v) is 5.59. The van der Waals surface area contributed by atoms with Crippen molar-refractivity contribution in [1.82, 2.24) is 14.9 Å². The molecule has 3 nitrogen and oxygen atoms in total. The zero-order valence-electron chi connectivity index (χ0n) is 8.59. The third-order valence-electron chi connectivity index (χ3n) is 1.76. The van der Waals surface area contributed by atoms with Crippen LogP contribution >= 0.6 is 0 Å². The van der Waals surface area contributed by atoms with Gasteiger partial charge in [0, 0.05) is 29.9 Å². The van der Waals surface area contributed by atoms with Crippen molar-refractivity contribution in [1.29, 1.82) is 0 Å². The lowest BCUT2D eigenvalue weighted by molar-refractivity contribution is 0.507. The first-order valence-electron chi connectivity index (χ1n) is 4.84. The van der Waals surface area contributed by atoms with Crippen LogP contribution in [0.3, 0.4) is 0 Å². The Hall–Kier alpha value is -0.830. The number of hydrogen-bond donors (Lipinski definition) is 1. The van der Waals surface area contributed by atoms with E-state index in [4.69, 9.17) is 4.11 Å². The first kappa shape index (κ1) is 3.53. The van der Waals surface area contributed by atoms with Gasteiger partial charge in [-0.15, -0.1) is 0 Å². The van der Waals surface area contributed by atoms with E-state index in [-0.39, 0.29) is 5.82 Å². The van der Waals surface area contributed by atoms with Gasteiger partial charge in [-0.2, -0.15) is 0 Å². The molecule has 0 atom stereocenters. The summed E-state index contributed by atoms with van der Waals surface area (Å²) in [5.41, 5.74) is 0.956. The van der Waals surface area contributed by atoms with Crippen molar-refractivity contribution in [2.24, 2.45) is 0 Å². The fourth-order valence-electron chi connectivity index (χ4n) is 1.21. The van der Waals surface area contributed by atoms with Crippen molar-refractivity contribution in [3.8, 4) is 0 Å². The van der Waals surface area contributed by atoms with Gasteiger partial charge in [-0.05, 0) is 6.85 Å². The number of nitrogens with zero attached hydrogens (tertiary/aromatic N) is 2. The fourth-order valence-corrected chi connectivity index (χ4v) is 1.21. The zero-order chi connectivity index (χ0) is 9.47. The number of hydrogen-bond acceptors (Lipinski definition) is 2. The average Bonchev–Trinajstić information content (AvgIpc) is 2.45. The topological polar surface area (TPSA) is 29.9 Å². The Labute approximate surface area is 64.3 Å². The maximum absolute atomic E-state index is 7.26. The maximum Gasteiger partial charge on any atom is 0.105 e. The second kappa shape index (κ2) is 2.09. The van der Waals surface area contributed by atoms with Crippen molar-refractivity contribution in [2.75, 3.05) is 6.54 Å². The minimum Gasteiger partial charge on any atom is -0.330 e. The normalized spacial score (nSPS) is 22.6. The molecule has 2 heterocycles. The predicted molar refractivity (Wildman–Crippen MR) is 38.7 cm³/mol. The fraction of sp³-hybridized carbons (Fsp3) is 0.571. The van der Waals surface area contributed by atoms with Crippen molar-refractivity contribution < 1.29 is 4.11 Å². The Morgan fingerprint density at radius 1 is 1.90 bits per heavy atom. The summed E-state index contributed by atoms with van der Waals surface area (Å²) in [5, 5.41) is 3.16. The molecule has 3 heteroatoms. The summed E-state index contributed by atoms with van der Waals surface area (Å²) in [6.45, 7) is 0.133. The molecular formula is C7H11N3. The standard InChI is InChI=1S/C7H11N3/c1-6-9-5-7-4-8-2-3-10(6)7/h5,8H,2-4H2,1H3/i1D3. The SMILES string of the molecule is [2H]C([2H])([2H])c1ncc2n1CCNC2. The van der Waals surface area contributed by atoms with E-state index in [1.54, 1.807) is 10.8 Å². The quantitative estimate of drug-likeness (QED) is 0.561. The summed E-state index contributed by atoms with van der Waals surface area (Å²) in [7, 11) is 0. The average molecular weight is 140 g/mol. The monoisotopic (exact) mass is 140 g/mol. The molecule has 1 N–H and O–H groups in total. The van der Waals surface area contributed by atoms with Gasteiger partial charge in [0.25, 0.3) is 0 Å². The highest BCUT2D eigenvalue weighted by Gasteiger charge is 2.09. The second-order valence-corrected chi connectivity index (χ2v) is 2.40. The van der Waals surface area contributed by atoms with Crippen LogP contribution in [-0.2, 0) is 13.1 Å². The molecule has 0 radical (unpaired) electrons. The summed E-state index contributed by atoms with van der Waals surface area (Å²) < 4.78 is 23.6. The Kier molecular flexibility index (Phi) is 0.738. The Bertz CT molecular complexity index is 315. The minimum atomic E-state index is -2.09. The number of aryl methyl sites for hydroxylation is 1. The lowest BCUT2D eigenvalue weighted by atomic mass is 10.3. The van der Waals surface area contributed by atoms with E-state index in [1.807, 2.05) is 0 Å². The van der Waals surface area contributed by atoms with Crippen LogP contribution in [0.5, 0.6) is 0 Å². The van der Waals surface area contributed by atoms with Crippen LogP contribution in [0, 0.1) is 6.85 Å². The molecule has 0 fully saturated rings. The Balaban J connectivity index is 2.43. The lowest BCUT2D eigenvalue weighted by Gasteiger charge is -2.16. The molecule has 1 aliphatic heterocycles. The molecule has 0 saturated heterocycles. The van der Waals surface area contributed by atoms with E-state index in [2.05, 4.69) is 10.3 Å². The minimum absolute atomic E-state index is 0.212. The van der Waals surface area contributed by atoms with Crippen LogP contribution in [0.1, 0.15) is 15.6 Å². The summed E-state index contributed by atoms with van der Waals surface area (Å²) in [6, 6.07) is 0. The van der Waals surface area contributed by atoms with E-state index < -0.39 is 6.85 Å². The van der Waals surface area contributed by atoms with Crippen LogP contribution in [-0.4, -0.2) is 16.1 Å². The molecule has 1 aromatic rings. The number of imidazole rings is 1. The molecule has 0 amide bonds. The van der Waals surface area contributed by atoms with Gasteiger partial charge < -0.3 is 9.88 Å². The Morgan fingerprint density at radius 3 is 3.80 bits per heavy atom. The van der Waals surface area contributed by atoms with Crippen LogP contribution in [0.4, 0.5) is 0 Å². The van der Waals surface area contributed by atoms with E-state index in [0.29, 0.717) is 13.1 Å². The molecule has 0 aromatic carbocycles. The highest BCUT2D eigenvalue weighted by Crippen LogP contribution is 2.06. The molecule has 1 aliphatic rings. The van der Waals surface area contributed by atoms with E-state index in [1.165, 1.54) is 0 Å². The number of aromatic nitrogens is 2. The molecule has 0 bridgehead atoms. The molecule has 10 heavy (non-hydrogen) atoms. The van der Waals surface area contributed by atoms with Crippen molar-refractivity contribution >= 4 is 0 Å². The number of fused-ring (bicyclic) bond motifs is 1. The van der Waals surface area contributed by atoms with Crippen molar-refractivity contribution in [2.45, 2.75) is 19.9 Å².